The first-order valence-electron chi connectivity index (χ1n) is 15.2. The number of likely N-dealkylation sites (N-methyl/N-ethyl adjacent to an activating group) is 1. The van der Waals surface area contributed by atoms with E-state index in [1.54, 1.807) is 25.1 Å². The number of benzene rings is 1. The normalized spacial score (nSPS) is 30.9. The number of Topliss-reactive ketones (excluding diaryl/α,β-unsaturated/α-hetero) is 4. The van der Waals surface area contributed by atoms with Crippen LogP contribution in [0.15, 0.2) is 6.07 Å². The van der Waals surface area contributed by atoms with E-state index in [1.807, 2.05) is 0 Å². The van der Waals surface area contributed by atoms with Crippen LogP contribution in [-0.2, 0) is 36.9 Å². The van der Waals surface area contributed by atoms with Crippen LogP contribution in [0, 0.1) is 29.6 Å². The van der Waals surface area contributed by atoms with Gasteiger partial charge in [-0.15, -0.1) is 0 Å². The van der Waals surface area contributed by atoms with Gasteiger partial charge in [-0.25, -0.2) is 0 Å². The molecular formula is C32H43N3O8. The molecule has 4 aliphatic rings. The van der Waals surface area contributed by atoms with E-state index in [1.165, 1.54) is 39.9 Å². The van der Waals surface area contributed by atoms with Gasteiger partial charge in [-0.05, 0) is 64.2 Å². The smallest absolute Gasteiger partial charge is 0.235 e. The fourth-order valence-electron chi connectivity index (χ4n) is 8.52. The summed E-state index contributed by atoms with van der Waals surface area (Å²) < 4.78 is 11.6. The summed E-state index contributed by atoms with van der Waals surface area (Å²) in [5.41, 5.74) is 4.59. The molecule has 4 aliphatic carbocycles. The molecule has 6 unspecified atom stereocenters. The number of ketones is 4. The highest BCUT2D eigenvalue weighted by atomic mass is 16.5. The average molecular weight is 598 g/mol. The van der Waals surface area contributed by atoms with E-state index in [0.717, 1.165) is 18.7 Å². The third-order valence-electron chi connectivity index (χ3n) is 10.4. The van der Waals surface area contributed by atoms with E-state index in [-0.39, 0.29) is 24.2 Å². The second-order valence-corrected chi connectivity index (χ2v) is 12.9. The highest BCUT2D eigenvalue weighted by Gasteiger charge is 2.70. The lowest BCUT2D eigenvalue weighted by Crippen LogP contribution is -2.74. The van der Waals surface area contributed by atoms with Crippen molar-refractivity contribution in [1.82, 2.24) is 9.80 Å². The van der Waals surface area contributed by atoms with Gasteiger partial charge in [0.25, 0.3) is 0 Å². The first-order chi connectivity index (χ1) is 20.4. The predicted molar refractivity (Wildman–Crippen MR) is 156 cm³/mol. The number of amides is 1. The molecule has 0 spiro atoms. The summed E-state index contributed by atoms with van der Waals surface area (Å²) in [4.78, 5) is 71.9. The lowest BCUT2D eigenvalue weighted by atomic mass is 9.52. The van der Waals surface area contributed by atoms with Crippen LogP contribution in [0.5, 0.6) is 11.5 Å². The molecule has 1 aromatic rings. The summed E-state index contributed by atoms with van der Waals surface area (Å²) in [7, 11) is 5.98. The van der Waals surface area contributed by atoms with Gasteiger partial charge in [-0.1, -0.05) is 19.8 Å². The van der Waals surface area contributed by atoms with Gasteiger partial charge in [-0.3, -0.25) is 33.8 Å². The maximum absolute atomic E-state index is 14.3. The molecule has 0 aliphatic heterocycles. The zero-order valence-corrected chi connectivity index (χ0v) is 25.7. The highest BCUT2D eigenvalue weighted by molar-refractivity contribution is 6.32. The Balaban J connectivity index is 1.57. The maximum atomic E-state index is 14.3. The molecule has 6 atom stereocenters. The van der Waals surface area contributed by atoms with Crippen LogP contribution in [0.3, 0.4) is 0 Å². The van der Waals surface area contributed by atoms with Crippen LogP contribution in [0.25, 0.3) is 0 Å². The Bertz CT molecular complexity index is 1350. The highest BCUT2D eigenvalue weighted by Crippen LogP contribution is 2.53. The van der Waals surface area contributed by atoms with Crippen molar-refractivity contribution in [3.63, 3.8) is 0 Å². The standard InChI is InChI=1S/C32H43N3O8/c1-6-35(14-16-9-7-8-10-16)15-18-13-21(36)23-19(28(18)42-4)11-17-12-20-25(34(2)3)27(38)24(31(33)41)30(40)32(20,43-5)29(39)22(17)26(23)37/h13,16-17,20,22,24-25,36H,6-12,14-15H2,1-5H3,(H2,33,41). The fourth-order valence-corrected chi connectivity index (χ4v) is 8.52. The lowest BCUT2D eigenvalue weighted by Gasteiger charge is -2.54. The van der Waals surface area contributed by atoms with E-state index in [0.29, 0.717) is 23.8 Å². The second-order valence-electron chi connectivity index (χ2n) is 12.9. The Morgan fingerprint density at radius 2 is 1.79 bits per heavy atom. The third kappa shape index (κ3) is 4.80. The molecule has 0 radical (unpaired) electrons. The molecule has 11 heteroatoms. The molecule has 11 nitrogen and oxygen atoms in total. The summed E-state index contributed by atoms with van der Waals surface area (Å²) in [5, 5.41) is 11.2. The number of methoxy groups -OCH3 is 2. The summed E-state index contributed by atoms with van der Waals surface area (Å²) in [6.45, 7) is 4.39. The Hall–Kier alpha value is -3.15. The summed E-state index contributed by atoms with van der Waals surface area (Å²) in [5.74, 6) is -8.02. The Kier molecular flexibility index (Phi) is 8.54. The minimum Gasteiger partial charge on any atom is -0.507 e. The van der Waals surface area contributed by atoms with E-state index in [9.17, 15) is 29.1 Å². The summed E-state index contributed by atoms with van der Waals surface area (Å²) >= 11 is 0. The van der Waals surface area contributed by atoms with Gasteiger partial charge in [0, 0.05) is 37.2 Å². The van der Waals surface area contributed by atoms with Crippen molar-refractivity contribution < 1.29 is 38.6 Å². The third-order valence-corrected chi connectivity index (χ3v) is 10.4. The zero-order chi connectivity index (χ0) is 31.4. The number of phenols is 1. The topological polar surface area (TPSA) is 157 Å². The lowest BCUT2D eigenvalue weighted by molar-refractivity contribution is -0.186. The molecule has 3 saturated carbocycles. The number of nitrogens with zero attached hydrogens (tertiary/aromatic N) is 2. The minimum atomic E-state index is -2.20. The van der Waals surface area contributed by atoms with Crippen LogP contribution in [0.4, 0.5) is 0 Å². The average Bonchev–Trinajstić information content (AvgIpc) is 3.45. The molecule has 0 heterocycles. The largest absolute Gasteiger partial charge is 0.507 e. The predicted octanol–water partition coefficient (Wildman–Crippen LogP) is 1.54. The van der Waals surface area contributed by atoms with Gasteiger partial charge >= 0.3 is 0 Å². The zero-order valence-electron chi connectivity index (χ0n) is 25.7. The number of hydrogen-bond acceptors (Lipinski definition) is 10. The number of aromatic hydroxyl groups is 1. The molecule has 1 amide bonds. The second kappa shape index (κ2) is 11.7. The molecule has 43 heavy (non-hydrogen) atoms. The van der Waals surface area contributed by atoms with E-state index >= 15 is 0 Å². The quantitative estimate of drug-likeness (QED) is 0.400. The van der Waals surface area contributed by atoms with Crippen molar-refractivity contribution in [3.05, 3.63) is 22.8 Å². The Labute approximate surface area is 252 Å². The van der Waals surface area contributed by atoms with Crippen LogP contribution in [-0.4, -0.2) is 97.0 Å². The number of phenolic OH excluding ortho intramolecular Hbond substituents is 1. The number of nitrogens with two attached hydrogens (primary N) is 1. The number of carbonyl (C=O) groups is 5. The van der Waals surface area contributed by atoms with Crippen LogP contribution in [0.1, 0.15) is 60.5 Å². The Morgan fingerprint density at radius 1 is 1.12 bits per heavy atom. The first-order valence-corrected chi connectivity index (χ1v) is 15.2. The van der Waals surface area contributed by atoms with E-state index in [2.05, 4.69) is 11.8 Å². The van der Waals surface area contributed by atoms with Gasteiger partial charge in [0.1, 0.15) is 11.5 Å². The van der Waals surface area contributed by atoms with Gasteiger partial charge < -0.3 is 20.3 Å². The molecule has 0 saturated heterocycles. The molecule has 0 aromatic heterocycles. The van der Waals surface area contributed by atoms with Crippen molar-refractivity contribution in [1.29, 1.82) is 0 Å². The number of hydrogen-bond donors (Lipinski definition) is 2. The van der Waals surface area contributed by atoms with Crippen molar-refractivity contribution in [2.75, 3.05) is 41.4 Å². The fraction of sp³-hybridized carbons (Fsp3) is 0.656. The van der Waals surface area contributed by atoms with Crippen LogP contribution >= 0.6 is 0 Å². The molecule has 5 rings (SSSR count). The Morgan fingerprint density at radius 3 is 2.35 bits per heavy atom. The van der Waals surface area contributed by atoms with Gasteiger partial charge in [-0.2, -0.15) is 0 Å². The van der Waals surface area contributed by atoms with Crippen molar-refractivity contribution in [2.45, 2.75) is 63.6 Å². The monoisotopic (exact) mass is 597 g/mol. The number of fused-ring (bicyclic) bond motifs is 3. The maximum Gasteiger partial charge on any atom is 0.235 e. The van der Waals surface area contributed by atoms with Gasteiger partial charge in [0.15, 0.2) is 34.7 Å². The van der Waals surface area contributed by atoms with Gasteiger partial charge in [0.2, 0.25) is 5.91 Å². The molecule has 3 fully saturated rings. The summed E-state index contributed by atoms with van der Waals surface area (Å²) in [6, 6.07) is 0.539. The van der Waals surface area contributed by atoms with Crippen molar-refractivity contribution in [3.8, 4) is 11.5 Å². The number of carbonyl (C=O) groups excluding carboxylic acids is 5. The van der Waals surface area contributed by atoms with Crippen molar-refractivity contribution >= 4 is 29.0 Å². The number of rotatable bonds is 9. The molecule has 1 aromatic carbocycles. The number of primary amides is 1. The van der Waals surface area contributed by atoms with Crippen molar-refractivity contribution in [2.24, 2.45) is 35.3 Å². The minimum absolute atomic E-state index is 0.00805. The van der Waals surface area contributed by atoms with E-state index in [4.69, 9.17) is 15.2 Å². The SMILES string of the molecule is CCN(Cc1cc(O)c2c(c1OC)CC1CC3C(N(C)C)C(=O)C(C(N)=O)C(=O)C3(OC)C(=O)C1C2=O)CC1CCCC1. The summed E-state index contributed by atoms with van der Waals surface area (Å²) in [6.07, 6.45) is 5.27. The molecule has 3 N–H and O–H groups in total. The molecular weight excluding hydrogens is 554 g/mol. The first kappa shape index (κ1) is 31.3. The number of ether oxygens (including phenoxy) is 2. The molecule has 234 valence electrons. The molecule has 0 bridgehead atoms. The van der Waals surface area contributed by atoms with E-state index < -0.39 is 64.4 Å². The van der Waals surface area contributed by atoms with Gasteiger partial charge in [0.05, 0.1) is 24.6 Å². The van der Waals surface area contributed by atoms with Crippen LogP contribution in [0.2, 0.25) is 0 Å². The van der Waals surface area contributed by atoms with Crippen LogP contribution < -0.4 is 10.5 Å².